The summed E-state index contributed by atoms with van der Waals surface area (Å²) in [5.41, 5.74) is 10.1. The van der Waals surface area contributed by atoms with Crippen molar-refractivity contribution < 1.29 is 4.79 Å². The molecule has 0 saturated carbocycles. The fourth-order valence-electron chi connectivity index (χ4n) is 3.62. The van der Waals surface area contributed by atoms with Crippen LogP contribution in [0.1, 0.15) is 40.4 Å². The van der Waals surface area contributed by atoms with Gasteiger partial charge in [-0.25, -0.2) is 15.0 Å². The minimum atomic E-state index is -0.421. The molecule has 1 unspecified atom stereocenters. The van der Waals surface area contributed by atoms with Crippen molar-refractivity contribution in [1.29, 1.82) is 0 Å². The van der Waals surface area contributed by atoms with E-state index in [1.807, 2.05) is 60.3 Å². The minimum Gasteiger partial charge on any atom is -0.382 e. The predicted molar refractivity (Wildman–Crippen MR) is 130 cm³/mol. The Hall–Kier alpha value is -4.49. The number of fused-ring (bicyclic) bond motifs is 1. The second kappa shape index (κ2) is 8.80. The average molecular weight is 469 g/mol. The number of aryl methyl sites for hydroxylation is 1. The summed E-state index contributed by atoms with van der Waals surface area (Å²) < 4.78 is 3.74. The zero-order chi connectivity index (χ0) is 23.7. The molecule has 0 aliphatic rings. The van der Waals surface area contributed by atoms with Gasteiger partial charge in [0, 0.05) is 36.6 Å². The molecule has 1 aromatic carbocycles. The highest BCUT2D eigenvalue weighted by atomic mass is 32.1. The number of nitrogen functional groups attached to an aromatic ring is 1. The minimum absolute atomic E-state index is 0.0780. The average Bonchev–Trinajstić information content (AvgIpc) is 3.53. The number of benzene rings is 1. The van der Waals surface area contributed by atoms with Gasteiger partial charge in [0.1, 0.15) is 5.69 Å². The second-order valence-corrected chi connectivity index (χ2v) is 8.43. The molecule has 0 bridgehead atoms. The van der Waals surface area contributed by atoms with Gasteiger partial charge < -0.3 is 11.1 Å². The number of nitrogens with two attached hydrogens (primary N) is 1. The van der Waals surface area contributed by atoms with Gasteiger partial charge in [0.2, 0.25) is 0 Å². The van der Waals surface area contributed by atoms with E-state index < -0.39 is 11.9 Å². The summed E-state index contributed by atoms with van der Waals surface area (Å²) in [5.74, 6) is 6.07. The van der Waals surface area contributed by atoms with E-state index in [9.17, 15) is 4.79 Å². The molecule has 1 amide bonds. The van der Waals surface area contributed by atoms with Crippen LogP contribution in [0.3, 0.4) is 0 Å². The van der Waals surface area contributed by atoms with Gasteiger partial charge >= 0.3 is 0 Å². The molecule has 4 aromatic heterocycles. The van der Waals surface area contributed by atoms with Crippen molar-refractivity contribution >= 4 is 28.0 Å². The van der Waals surface area contributed by atoms with Gasteiger partial charge in [-0.15, -0.1) is 11.3 Å². The fourth-order valence-corrected chi connectivity index (χ4v) is 4.45. The SMILES string of the molecule is CC(NC(=O)c1nccnc1N)c1nc2scc(C#Cc3cnn(C)c3)n2c1-c1ccccc1. The van der Waals surface area contributed by atoms with E-state index in [2.05, 4.69) is 32.2 Å². The molecular formula is C24H20N8OS. The molecule has 3 N–H and O–H groups in total. The lowest BCUT2D eigenvalue weighted by atomic mass is 10.1. The number of aromatic nitrogens is 6. The van der Waals surface area contributed by atoms with Gasteiger partial charge in [0.15, 0.2) is 16.5 Å². The maximum absolute atomic E-state index is 12.8. The topological polar surface area (TPSA) is 116 Å². The van der Waals surface area contributed by atoms with Gasteiger partial charge in [-0.1, -0.05) is 36.3 Å². The van der Waals surface area contributed by atoms with Crippen molar-refractivity contribution in [2.75, 3.05) is 5.73 Å². The Morgan fingerprint density at radius 1 is 1.18 bits per heavy atom. The Morgan fingerprint density at radius 3 is 2.71 bits per heavy atom. The third-order valence-electron chi connectivity index (χ3n) is 5.18. The van der Waals surface area contributed by atoms with Gasteiger partial charge in [-0.2, -0.15) is 5.10 Å². The standard InChI is InChI=1S/C24H20N8OS/c1-15(29-23(33)20-22(25)27-11-10-26-20)19-21(17-6-4-3-5-7-17)32-18(14-34-24(32)30-19)9-8-16-12-28-31(2)13-16/h3-7,10-15H,1-2H3,(H2,25,27)(H,29,33). The van der Waals surface area contributed by atoms with E-state index in [4.69, 9.17) is 10.7 Å². The third-order valence-corrected chi connectivity index (χ3v) is 6.00. The summed E-state index contributed by atoms with van der Waals surface area (Å²) in [5, 5.41) is 9.10. The lowest BCUT2D eigenvalue weighted by Gasteiger charge is -2.14. The number of thiazole rings is 1. The second-order valence-electron chi connectivity index (χ2n) is 7.59. The molecule has 0 aliphatic carbocycles. The number of imidazole rings is 1. The largest absolute Gasteiger partial charge is 0.382 e. The third kappa shape index (κ3) is 4.00. The first-order valence-electron chi connectivity index (χ1n) is 10.4. The van der Waals surface area contributed by atoms with Crippen LogP contribution in [0.25, 0.3) is 16.2 Å². The number of anilines is 1. The molecule has 0 fully saturated rings. The highest BCUT2D eigenvalue weighted by molar-refractivity contribution is 7.15. The molecule has 1 atom stereocenters. The van der Waals surface area contributed by atoms with E-state index in [1.165, 1.54) is 23.7 Å². The van der Waals surface area contributed by atoms with Crippen molar-refractivity contribution in [3.8, 4) is 23.1 Å². The Morgan fingerprint density at radius 2 is 1.97 bits per heavy atom. The molecule has 34 heavy (non-hydrogen) atoms. The van der Waals surface area contributed by atoms with Crippen LogP contribution < -0.4 is 11.1 Å². The lowest BCUT2D eigenvalue weighted by Crippen LogP contribution is -2.29. The Bertz CT molecular complexity index is 1550. The molecule has 0 aliphatic heterocycles. The highest BCUT2D eigenvalue weighted by Gasteiger charge is 2.24. The van der Waals surface area contributed by atoms with Gasteiger partial charge in [0.05, 0.1) is 29.2 Å². The molecule has 9 nitrogen and oxygen atoms in total. The number of amides is 1. The highest BCUT2D eigenvalue weighted by Crippen LogP contribution is 2.33. The summed E-state index contributed by atoms with van der Waals surface area (Å²) >= 11 is 1.49. The van der Waals surface area contributed by atoms with Crippen LogP contribution in [0.15, 0.2) is 60.5 Å². The van der Waals surface area contributed by atoms with Crippen LogP contribution in [0, 0.1) is 11.8 Å². The quantitative estimate of drug-likeness (QED) is 0.392. The number of rotatable bonds is 4. The van der Waals surface area contributed by atoms with Crippen LogP contribution in [0.5, 0.6) is 0 Å². The fraction of sp³-hybridized carbons (Fsp3) is 0.125. The number of nitrogens with zero attached hydrogens (tertiary/aromatic N) is 6. The van der Waals surface area contributed by atoms with Crippen LogP contribution in [-0.4, -0.2) is 35.0 Å². The molecule has 0 spiro atoms. The number of nitrogens with one attached hydrogen (secondary N) is 1. The zero-order valence-electron chi connectivity index (χ0n) is 18.4. The molecule has 168 valence electrons. The Labute approximate surface area is 199 Å². The molecular weight excluding hydrogens is 448 g/mol. The first-order valence-corrected chi connectivity index (χ1v) is 11.3. The van der Waals surface area contributed by atoms with Crippen LogP contribution >= 0.6 is 11.3 Å². The van der Waals surface area contributed by atoms with Crippen molar-refractivity contribution in [3.63, 3.8) is 0 Å². The number of carbonyl (C=O) groups is 1. The molecule has 5 rings (SSSR count). The van der Waals surface area contributed by atoms with Gasteiger partial charge in [0.25, 0.3) is 5.91 Å². The summed E-state index contributed by atoms with van der Waals surface area (Å²) in [7, 11) is 1.86. The smallest absolute Gasteiger partial charge is 0.274 e. The molecule has 5 aromatic rings. The maximum Gasteiger partial charge on any atom is 0.274 e. The van der Waals surface area contributed by atoms with E-state index >= 15 is 0 Å². The normalized spacial score (nSPS) is 11.7. The van der Waals surface area contributed by atoms with Crippen LogP contribution in [0.2, 0.25) is 0 Å². The first kappa shape index (κ1) is 21.4. The van der Waals surface area contributed by atoms with Gasteiger partial charge in [-0.05, 0) is 12.8 Å². The van der Waals surface area contributed by atoms with E-state index in [0.717, 1.165) is 33.2 Å². The van der Waals surface area contributed by atoms with Crippen LogP contribution in [0.4, 0.5) is 5.82 Å². The van der Waals surface area contributed by atoms with E-state index in [0.29, 0.717) is 0 Å². The molecule has 4 heterocycles. The van der Waals surface area contributed by atoms with E-state index in [1.54, 1.807) is 10.9 Å². The monoisotopic (exact) mass is 468 g/mol. The first-order chi connectivity index (χ1) is 16.5. The molecule has 0 saturated heterocycles. The van der Waals surface area contributed by atoms with Crippen LogP contribution in [-0.2, 0) is 7.05 Å². The van der Waals surface area contributed by atoms with Crippen molar-refractivity contribution in [2.24, 2.45) is 7.05 Å². The van der Waals surface area contributed by atoms with Crippen molar-refractivity contribution in [2.45, 2.75) is 13.0 Å². The number of carbonyl (C=O) groups excluding carboxylic acids is 1. The molecule has 0 radical (unpaired) electrons. The summed E-state index contributed by atoms with van der Waals surface area (Å²) in [4.78, 5) is 26.5. The zero-order valence-corrected chi connectivity index (χ0v) is 19.2. The number of hydrogen-bond donors (Lipinski definition) is 2. The summed E-state index contributed by atoms with van der Waals surface area (Å²) in [6, 6.07) is 9.50. The Kier molecular flexibility index (Phi) is 5.53. The van der Waals surface area contributed by atoms with E-state index in [-0.39, 0.29) is 11.5 Å². The summed E-state index contributed by atoms with van der Waals surface area (Å²) in [6.45, 7) is 1.88. The summed E-state index contributed by atoms with van der Waals surface area (Å²) in [6.07, 6.45) is 6.47. The van der Waals surface area contributed by atoms with Gasteiger partial charge in [-0.3, -0.25) is 13.9 Å². The van der Waals surface area contributed by atoms with Crippen molar-refractivity contribution in [3.05, 3.63) is 83.1 Å². The maximum atomic E-state index is 12.8. The lowest BCUT2D eigenvalue weighted by molar-refractivity contribution is 0.0935. The van der Waals surface area contributed by atoms with Crippen molar-refractivity contribution in [1.82, 2.24) is 34.4 Å². The Balaban J connectivity index is 1.58. The number of hydrogen-bond acceptors (Lipinski definition) is 7. The predicted octanol–water partition coefficient (Wildman–Crippen LogP) is 3.06. The molecule has 10 heteroatoms.